The van der Waals surface area contributed by atoms with Gasteiger partial charge in [0.1, 0.15) is 11.3 Å². The van der Waals surface area contributed by atoms with Crippen LogP contribution in [0.5, 0.6) is 0 Å². The molecule has 0 atom stereocenters. The van der Waals surface area contributed by atoms with E-state index >= 15 is 0 Å². The van der Waals surface area contributed by atoms with Crippen LogP contribution in [0.15, 0.2) is 75.4 Å². The van der Waals surface area contributed by atoms with Crippen molar-refractivity contribution < 1.29 is 22.7 Å². The predicted octanol–water partition coefficient (Wildman–Crippen LogP) is 5.04. The van der Waals surface area contributed by atoms with Crippen molar-refractivity contribution >= 4 is 23.4 Å². The highest BCUT2D eigenvalue weighted by atomic mass is 32.2. The molecule has 0 aliphatic rings. The highest BCUT2D eigenvalue weighted by Crippen LogP contribution is 2.39. The average Bonchev–Trinajstić information content (AvgIpc) is 3.17. The first-order chi connectivity index (χ1) is 15.3. The number of carbonyl (C=O) groups is 1. The highest BCUT2D eigenvalue weighted by Gasteiger charge is 2.38. The number of hydrogen-bond acceptors (Lipinski definition) is 5. The minimum absolute atomic E-state index is 0.0120. The van der Waals surface area contributed by atoms with Gasteiger partial charge >= 0.3 is 12.1 Å². The molecular weight excluding hydrogens is 443 g/mol. The molecular formula is C22H16F3N3O3S. The van der Waals surface area contributed by atoms with Crippen molar-refractivity contribution in [1.82, 2.24) is 14.6 Å². The minimum Gasteiger partial charge on any atom is -0.462 e. The number of hydrogen-bond donors (Lipinski definition) is 1. The van der Waals surface area contributed by atoms with E-state index in [4.69, 9.17) is 4.74 Å². The van der Waals surface area contributed by atoms with E-state index in [9.17, 15) is 22.8 Å². The number of ether oxygens (including phenoxy) is 1. The summed E-state index contributed by atoms with van der Waals surface area (Å²) in [6.45, 7) is 1.56. The second-order valence-electron chi connectivity index (χ2n) is 6.66. The largest absolute Gasteiger partial charge is 0.462 e. The molecule has 0 spiro atoms. The number of H-pyrrole nitrogens is 1. The van der Waals surface area contributed by atoms with Crippen LogP contribution in [0, 0.1) is 0 Å². The van der Waals surface area contributed by atoms with Crippen LogP contribution in [0.3, 0.4) is 0 Å². The standard InChI is InChI=1S/C22H16F3N3O3S/c1-2-31-21(30)16-12-26-19-17(18(22(23,24)25)27-28(19)20(16)29)13-8-10-15(11-9-13)32-14-6-4-3-5-7-14/h3-12,27H,2H2,1H3. The fourth-order valence-electron chi connectivity index (χ4n) is 3.16. The second-order valence-corrected chi connectivity index (χ2v) is 7.80. The number of aromatic nitrogens is 3. The van der Waals surface area contributed by atoms with Gasteiger partial charge in [0, 0.05) is 16.0 Å². The van der Waals surface area contributed by atoms with Gasteiger partial charge in [0.15, 0.2) is 5.65 Å². The van der Waals surface area contributed by atoms with E-state index in [1.807, 2.05) is 30.3 Å². The van der Waals surface area contributed by atoms with E-state index in [1.54, 1.807) is 19.1 Å². The van der Waals surface area contributed by atoms with Crippen LogP contribution in [0.25, 0.3) is 16.8 Å². The summed E-state index contributed by atoms with van der Waals surface area (Å²) in [5.41, 5.74) is -2.85. The van der Waals surface area contributed by atoms with Crippen molar-refractivity contribution in [2.75, 3.05) is 6.61 Å². The van der Waals surface area contributed by atoms with E-state index < -0.39 is 29.0 Å². The van der Waals surface area contributed by atoms with Crippen LogP contribution < -0.4 is 5.56 Å². The molecule has 1 N–H and O–H groups in total. The third kappa shape index (κ3) is 4.13. The molecule has 164 valence electrons. The van der Waals surface area contributed by atoms with Gasteiger partial charge in [-0.2, -0.15) is 17.7 Å². The lowest BCUT2D eigenvalue weighted by Gasteiger charge is -2.08. The zero-order valence-corrected chi connectivity index (χ0v) is 17.5. The summed E-state index contributed by atoms with van der Waals surface area (Å²) < 4.78 is 46.7. The summed E-state index contributed by atoms with van der Waals surface area (Å²) in [6, 6.07) is 16.0. The van der Waals surface area contributed by atoms with E-state index in [0.29, 0.717) is 4.52 Å². The molecule has 2 heterocycles. The number of benzene rings is 2. The van der Waals surface area contributed by atoms with Crippen molar-refractivity contribution in [3.63, 3.8) is 0 Å². The van der Waals surface area contributed by atoms with E-state index in [1.165, 1.54) is 23.9 Å². The quantitative estimate of drug-likeness (QED) is 0.424. The fraction of sp³-hybridized carbons (Fsp3) is 0.136. The van der Waals surface area contributed by atoms with Crippen molar-refractivity contribution in [3.8, 4) is 11.1 Å². The number of nitrogens with zero attached hydrogens (tertiary/aromatic N) is 2. The van der Waals surface area contributed by atoms with Gasteiger partial charge in [-0.3, -0.25) is 9.89 Å². The lowest BCUT2D eigenvalue weighted by molar-refractivity contribution is -0.140. The monoisotopic (exact) mass is 459 g/mol. The number of carbonyl (C=O) groups excluding carboxylic acids is 1. The third-order valence-corrected chi connectivity index (χ3v) is 5.57. The van der Waals surface area contributed by atoms with Gasteiger partial charge in [-0.05, 0) is 36.8 Å². The Morgan fingerprint density at radius 1 is 1.09 bits per heavy atom. The Labute approximate surface area is 184 Å². The van der Waals surface area contributed by atoms with E-state index in [0.717, 1.165) is 16.0 Å². The topological polar surface area (TPSA) is 76.5 Å². The number of esters is 1. The molecule has 0 saturated heterocycles. The predicted molar refractivity (Wildman–Crippen MR) is 113 cm³/mol. The Bertz CT molecular complexity index is 1330. The third-order valence-electron chi connectivity index (χ3n) is 4.56. The minimum atomic E-state index is -4.78. The van der Waals surface area contributed by atoms with Crippen molar-refractivity contribution in [3.05, 3.63) is 82.4 Å². The molecule has 2 aromatic heterocycles. The number of alkyl halides is 3. The molecule has 4 rings (SSSR count). The Morgan fingerprint density at radius 2 is 1.75 bits per heavy atom. The van der Waals surface area contributed by atoms with E-state index in [-0.39, 0.29) is 23.4 Å². The maximum absolute atomic E-state index is 13.8. The maximum Gasteiger partial charge on any atom is 0.433 e. The Hall–Kier alpha value is -3.53. The van der Waals surface area contributed by atoms with Crippen LogP contribution >= 0.6 is 11.8 Å². The molecule has 0 unspecified atom stereocenters. The maximum atomic E-state index is 13.8. The molecule has 0 aliphatic heterocycles. The zero-order chi connectivity index (χ0) is 22.9. The summed E-state index contributed by atoms with van der Waals surface area (Å²) in [5.74, 6) is -0.952. The summed E-state index contributed by atoms with van der Waals surface area (Å²) >= 11 is 1.47. The molecule has 6 nitrogen and oxygen atoms in total. The molecule has 0 saturated carbocycles. The summed E-state index contributed by atoms with van der Waals surface area (Å²) in [5, 5.41) is 2.07. The Balaban J connectivity index is 1.81. The highest BCUT2D eigenvalue weighted by molar-refractivity contribution is 7.99. The number of fused-ring (bicyclic) bond motifs is 1. The fourth-order valence-corrected chi connectivity index (χ4v) is 3.99. The second kappa shape index (κ2) is 8.54. The van der Waals surface area contributed by atoms with Crippen LogP contribution in [-0.4, -0.2) is 27.2 Å². The molecule has 0 radical (unpaired) electrons. The Morgan fingerprint density at radius 3 is 2.38 bits per heavy atom. The smallest absolute Gasteiger partial charge is 0.433 e. The van der Waals surface area contributed by atoms with Crippen molar-refractivity contribution in [2.45, 2.75) is 22.9 Å². The van der Waals surface area contributed by atoms with Crippen LogP contribution in [0.4, 0.5) is 13.2 Å². The summed E-state index contributed by atoms with van der Waals surface area (Å²) in [4.78, 5) is 30.4. The molecule has 4 aromatic rings. The van der Waals surface area contributed by atoms with Gasteiger partial charge in [-0.25, -0.2) is 9.78 Å². The van der Waals surface area contributed by atoms with Crippen LogP contribution in [0.2, 0.25) is 0 Å². The van der Waals surface area contributed by atoms with Crippen LogP contribution in [0.1, 0.15) is 23.0 Å². The first-order valence-electron chi connectivity index (χ1n) is 9.51. The van der Waals surface area contributed by atoms with Gasteiger partial charge in [-0.1, -0.05) is 42.1 Å². The lowest BCUT2D eigenvalue weighted by Crippen LogP contribution is -2.24. The molecule has 2 aromatic carbocycles. The zero-order valence-electron chi connectivity index (χ0n) is 16.6. The van der Waals surface area contributed by atoms with Gasteiger partial charge in [0.25, 0.3) is 5.56 Å². The Kier molecular flexibility index (Phi) is 5.79. The molecule has 0 bridgehead atoms. The van der Waals surface area contributed by atoms with E-state index in [2.05, 4.69) is 10.1 Å². The van der Waals surface area contributed by atoms with Gasteiger partial charge < -0.3 is 4.74 Å². The van der Waals surface area contributed by atoms with Gasteiger partial charge in [0.2, 0.25) is 0 Å². The molecule has 0 amide bonds. The summed E-state index contributed by atoms with van der Waals surface area (Å²) in [7, 11) is 0. The molecule has 0 fully saturated rings. The van der Waals surface area contributed by atoms with Crippen molar-refractivity contribution in [2.24, 2.45) is 0 Å². The average molecular weight is 459 g/mol. The summed E-state index contributed by atoms with van der Waals surface area (Å²) in [6.07, 6.45) is -3.84. The number of rotatable bonds is 5. The molecule has 10 heteroatoms. The number of nitrogens with one attached hydrogen (secondary N) is 1. The molecule has 0 aliphatic carbocycles. The normalized spacial score (nSPS) is 11.6. The lowest BCUT2D eigenvalue weighted by atomic mass is 10.1. The van der Waals surface area contributed by atoms with Crippen LogP contribution in [-0.2, 0) is 10.9 Å². The van der Waals surface area contributed by atoms with Gasteiger partial charge in [-0.15, -0.1) is 0 Å². The van der Waals surface area contributed by atoms with Crippen molar-refractivity contribution in [1.29, 1.82) is 0 Å². The first-order valence-corrected chi connectivity index (χ1v) is 10.3. The number of halogens is 3. The SMILES string of the molecule is CCOC(=O)c1cnc2c(-c3ccc(Sc4ccccc4)cc3)c(C(F)(F)F)[nH]n2c1=O. The first kappa shape index (κ1) is 21.7. The number of aromatic amines is 1. The van der Waals surface area contributed by atoms with Gasteiger partial charge in [0.05, 0.1) is 12.2 Å². The molecule has 32 heavy (non-hydrogen) atoms.